The summed E-state index contributed by atoms with van der Waals surface area (Å²) in [7, 11) is 0. The number of hydrogen-bond acceptors (Lipinski definition) is 3. The van der Waals surface area contributed by atoms with Crippen molar-refractivity contribution < 1.29 is 9.18 Å². The summed E-state index contributed by atoms with van der Waals surface area (Å²) in [6.45, 7) is 2.04. The van der Waals surface area contributed by atoms with Crippen LogP contribution in [0.1, 0.15) is 13.3 Å². The second-order valence-electron chi connectivity index (χ2n) is 3.50. The summed E-state index contributed by atoms with van der Waals surface area (Å²) in [5, 5.41) is 0. The molecule has 0 bridgehead atoms. The molecule has 1 fully saturated rings. The molecule has 0 saturated carbocycles. The first-order valence-corrected chi connectivity index (χ1v) is 4.46. The van der Waals surface area contributed by atoms with Crippen LogP contribution in [0.15, 0.2) is 0 Å². The van der Waals surface area contributed by atoms with Crippen LogP contribution >= 0.6 is 0 Å². The summed E-state index contributed by atoms with van der Waals surface area (Å²) in [5.74, 6) is -0.212. The van der Waals surface area contributed by atoms with Crippen molar-refractivity contribution in [1.29, 1.82) is 0 Å². The second-order valence-corrected chi connectivity index (χ2v) is 3.50. The van der Waals surface area contributed by atoms with Crippen LogP contribution in [0.5, 0.6) is 0 Å². The summed E-state index contributed by atoms with van der Waals surface area (Å²) in [6.07, 6.45) is -0.606. The standard InChI is InChI=1S/C8H16FN3O/c1-5(11)8(13)12-4-6(9)2-7(12)3-10/h5-7H,2-4,10-11H2,1H3/t5-,6-,7-/m0/s1. The summed E-state index contributed by atoms with van der Waals surface area (Å²) in [5.41, 5.74) is 10.8. The number of nitrogens with zero attached hydrogens (tertiary/aromatic N) is 1. The van der Waals surface area contributed by atoms with Crippen molar-refractivity contribution in [3.8, 4) is 0 Å². The average molecular weight is 189 g/mol. The molecule has 0 aromatic rings. The van der Waals surface area contributed by atoms with Crippen LogP contribution in [0.3, 0.4) is 0 Å². The highest BCUT2D eigenvalue weighted by Gasteiger charge is 2.35. The van der Waals surface area contributed by atoms with E-state index in [1.54, 1.807) is 6.92 Å². The largest absolute Gasteiger partial charge is 0.334 e. The van der Waals surface area contributed by atoms with Crippen LogP contribution in [-0.4, -0.2) is 42.2 Å². The molecule has 0 unspecified atom stereocenters. The fourth-order valence-electron chi connectivity index (χ4n) is 1.61. The number of carbonyl (C=O) groups is 1. The van der Waals surface area contributed by atoms with Gasteiger partial charge in [-0.25, -0.2) is 4.39 Å². The molecule has 76 valence electrons. The summed E-state index contributed by atoms with van der Waals surface area (Å²) in [6, 6.07) is -0.743. The molecule has 1 aliphatic heterocycles. The smallest absolute Gasteiger partial charge is 0.239 e. The van der Waals surface area contributed by atoms with Crippen molar-refractivity contribution in [2.75, 3.05) is 13.1 Å². The van der Waals surface area contributed by atoms with Gasteiger partial charge in [0.25, 0.3) is 0 Å². The first-order valence-electron chi connectivity index (χ1n) is 4.46. The first-order chi connectivity index (χ1) is 6.06. The number of halogens is 1. The SMILES string of the molecule is C[C@H](N)C(=O)N1C[C@@H](F)C[C@H]1CN. The highest BCUT2D eigenvalue weighted by atomic mass is 19.1. The molecule has 0 aliphatic carbocycles. The molecule has 1 aliphatic rings. The van der Waals surface area contributed by atoms with Gasteiger partial charge >= 0.3 is 0 Å². The van der Waals surface area contributed by atoms with Crippen molar-refractivity contribution in [2.24, 2.45) is 11.5 Å². The quantitative estimate of drug-likeness (QED) is 0.599. The first kappa shape index (κ1) is 10.4. The molecule has 1 saturated heterocycles. The topological polar surface area (TPSA) is 72.4 Å². The third kappa shape index (κ3) is 2.16. The van der Waals surface area contributed by atoms with Gasteiger partial charge in [0.15, 0.2) is 0 Å². The average Bonchev–Trinajstić information content (AvgIpc) is 2.45. The van der Waals surface area contributed by atoms with E-state index >= 15 is 0 Å². The predicted molar refractivity (Wildman–Crippen MR) is 47.7 cm³/mol. The Labute approximate surface area is 77.1 Å². The molecule has 1 amide bonds. The van der Waals surface area contributed by atoms with Crippen LogP contribution in [0.4, 0.5) is 4.39 Å². The van der Waals surface area contributed by atoms with Gasteiger partial charge < -0.3 is 16.4 Å². The van der Waals surface area contributed by atoms with Crippen LogP contribution in [0.25, 0.3) is 0 Å². The zero-order chi connectivity index (χ0) is 10.0. The fourth-order valence-corrected chi connectivity index (χ4v) is 1.61. The van der Waals surface area contributed by atoms with Crippen molar-refractivity contribution in [3.05, 3.63) is 0 Å². The van der Waals surface area contributed by atoms with E-state index < -0.39 is 12.2 Å². The van der Waals surface area contributed by atoms with Gasteiger partial charge in [-0.15, -0.1) is 0 Å². The molecule has 13 heavy (non-hydrogen) atoms. The minimum Gasteiger partial charge on any atom is -0.334 e. The molecule has 0 radical (unpaired) electrons. The number of likely N-dealkylation sites (tertiary alicyclic amines) is 1. The molecule has 3 atom stereocenters. The van der Waals surface area contributed by atoms with Crippen molar-refractivity contribution in [2.45, 2.75) is 31.6 Å². The molecule has 0 spiro atoms. The molecule has 0 aromatic carbocycles. The monoisotopic (exact) mass is 189 g/mol. The third-order valence-electron chi connectivity index (χ3n) is 2.31. The Hall–Kier alpha value is -0.680. The molecule has 4 N–H and O–H groups in total. The van der Waals surface area contributed by atoms with Crippen molar-refractivity contribution >= 4 is 5.91 Å². The lowest BCUT2D eigenvalue weighted by Gasteiger charge is -2.24. The van der Waals surface area contributed by atoms with Crippen LogP contribution in [0, 0.1) is 0 Å². The number of carbonyl (C=O) groups excluding carboxylic acids is 1. The van der Waals surface area contributed by atoms with Gasteiger partial charge in [0, 0.05) is 19.0 Å². The fraction of sp³-hybridized carbons (Fsp3) is 0.875. The molecule has 1 heterocycles. The van der Waals surface area contributed by atoms with Crippen LogP contribution in [-0.2, 0) is 4.79 Å². The number of amides is 1. The summed E-state index contributed by atoms with van der Waals surface area (Å²) in [4.78, 5) is 12.9. The molecular weight excluding hydrogens is 173 g/mol. The minimum absolute atomic E-state index is 0.141. The van der Waals surface area contributed by atoms with E-state index in [0.29, 0.717) is 13.0 Å². The lowest BCUT2D eigenvalue weighted by Crippen LogP contribution is -2.47. The van der Waals surface area contributed by atoms with Gasteiger partial charge in [0.1, 0.15) is 6.17 Å². The molecular formula is C8H16FN3O. The van der Waals surface area contributed by atoms with E-state index in [9.17, 15) is 9.18 Å². The van der Waals surface area contributed by atoms with E-state index in [-0.39, 0.29) is 18.5 Å². The lowest BCUT2D eigenvalue weighted by atomic mass is 10.2. The van der Waals surface area contributed by atoms with Crippen molar-refractivity contribution in [1.82, 2.24) is 4.90 Å². The van der Waals surface area contributed by atoms with Crippen LogP contribution in [0.2, 0.25) is 0 Å². The van der Waals surface area contributed by atoms with Gasteiger partial charge in [-0.2, -0.15) is 0 Å². The Kier molecular flexibility index (Phi) is 3.22. The van der Waals surface area contributed by atoms with Gasteiger partial charge in [-0.05, 0) is 6.92 Å². The maximum absolute atomic E-state index is 12.9. The Morgan fingerprint density at radius 2 is 2.38 bits per heavy atom. The minimum atomic E-state index is -0.948. The van der Waals surface area contributed by atoms with Crippen molar-refractivity contribution in [3.63, 3.8) is 0 Å². The summed E-state index contributed by atoms with van der Waals surface area (Å²) < 4.78 is 12.9. The zero-order valence-corrected chi connectivity index (χ0v) is 7.74. The number of alkyl halides is 1. The van der Waals surface area contributed by atoms with E-state index in [1.165, 1.54) is 4.90 Å². The Balaban J connectivity index is 2.62. The van der Waals surface area contributed by atoms with Gasteiger partial charge in [0.05, 0.1) is 12.6 Å². The maximum atomic E-state index is 12.9. The van der Waals surface area contributed by atoms with E-state index in [2.05, 4.69) is 0 Å². The molecule has 1 rings (SSSR count). The highest BCUT2D eigenvalue weighted by molar-refractivity contribution is 5.81. The summed E-state index contributed by atoms with van der Waals surface area (Å²) >= 11 is 0. The Morgan fingerprint density at radius 1 is 1.77 bits per heavy atom. The zero-order valence-electron chi connectivity index (χ0n) is 7.74. The number of nitrogens with two attached hydrogens (primary N) is 2. The normalized spacial score (nSPS) is 30.6. The molecule has 5 heteroatoms. The van der Waals surface area contributed by atoms with E-state index in [4.69, 9.17) is 11.5 Å². The van der Waals surface area contributed by atoms with Gasteiger partial charge in [-0.1, -0.05) is 0 Å². The lowest BCUT2D eigenvalue weighted by molar-refractivity contribution is -0.133. The van der Waals surface area contributed by atoms with E-state index in [1.807, 2.05) is 0 Å². The number of hydrogen-bond donors (Lipinski definition) is 2. The van der Waals surface area contributed by atoms with Gasteiger partial charge in [0.2, 0.25) is 5.91 Å². The second kappa shape index (κ2) is 4.02. The van der Waals surface area contributed by atoms with E-state index in [0.717, 1.165) is 0 Å². The Bertz CT molecular complexity index is 198. The third-order valence-corrected chi connectivity index (χ3v) is 2.31. The molecule has 4 nitrogen and oxygen atoms in total. The number of rotatable bonds is 2. The maximum Gasteiger partial charge on any atom is 0.239 e. The van der Waals surface area contributed by atoms with Gasteiger partial charge in [-0.3, -0.25) is 4.79 Å². The highest BCUT2D eigenvalue weighted by Crippen LogP contribution is 2.19. The van der Waals surface area contributed by atoms with Crippen LogP contribution < -0.4 is 11.5 Å². The Morgan fingerprint density at radius 3 is 2.85 bits per heavy atom. The molecule has 0 aromatic heterocycles. The predicted octanol–water partition coefficient (Wildman–Crippen LogP) is -0.769.